The monoisotopic (exact) mass is 576 g/mol. The molecule has 206 valence electrons. The van der Waals surface area contributed by atoms with Crippen LogP contribution in [0.5, 0.6) is 0 Å². The van der Waals surface area contributed by atoms with E-state index in [2.05, 4.69) is 170 Å². The highest BCUT2D eigenvalue weighted by atomic mass is 32.1. The topological polar surface area (TPSA) is 0 Å². The van der Waals surface area contributed by atoms with Crippen LogP contribution in [0.2, 0.25) is 0 Å². The second-order valence-corrected chi connectivity index (χ2v) is 12.6. The summed E-state index contributed by atoms with van der Waals surface area (Å²) in [6, 6.07) is 62.6. The Kier molecular flexibility index (Phi) is 5.69. The number of thiophene rings is 1. The van der Waals surface area contributed by atoms with Gasteiger partial charge in [-0.15, -0.1) is 11.3 Å². The molecule has 1 heterocycles. The third kappa shape index (κ3) is 3.51. The van der Waals surface area contributed by atoms with Crippen molar-refractivity contribution in [2.45, 2.75) is 5.41 Å². The van der Waals surface area contributed by atoms with Gasteiger partial charge in [0.15, 0.2) is 0 Å². The van der Waals surface area contributed by atoms with Crippen LogP contribution in [0.15, 0.2) is 170 Å². The van der Waals surface area contributed by atoms with Crippen molar-refractivity contribution in [3.05, 3.63) is 192 Å². The first-order chi connectivity index (χ1) is 21.9. The third-order valence-corrected chi connectivity index (χ3v) is 10.7. The average molecular weight is 577 g/mol. The molecule has 44 heavy (non-hydrogen) atoms. The molecular formula is C43H28S. The first-order valence-electron chi connectivity index (χ1n) is 15.2. The number of rotatable bonds is 4. The largest absolute Gasteiger partial charge is 0.134 e. The molecule has 0 amide bonds. The van der Waals surface area contributed by atoms with Crippen LogP contribution >= 0.6 is 11.3 Å². The summed E-state index contributed by atoms with van der Waals surface area (Å²) in [6.45, 7) is 0. The van der Waals surface area contributed by atoms with Gasteiger partial charge in [0.2, 0.25) is 0 Å². The van der Waals surface area contributed by atoms with E-state index in [1.54, 1.807) is 0 Å². The Balaban J connectivity index is 1.38. The van der Waals surface area contributed by atoms with E-state index >= 15 is 0 Å². The van der Waals surface area contributed by atoms with Crippen LogP contribution in [-0.4, -0.2) is 0 Å². The summed E-state index contributed by atoms with van der Waals surface area (Å²) in [4.78, 5) is 0. The molecule has 1 aliphatic carbocycles. The van der Waals surface area contributed by atoms with E-state index in [4.69, 9.17) is 0 Å². The Morgan fingerprint density at radius 2 is 0.727 bits per heavy atom. The van der Waals surface area contributed by atoms with Crippen LogP contribution in [0.25, 0.3) is 53.6 Å². The summed E-state index contributed by atoms with van der Waals surface area (Å²) < 4.78 is 2.68. The highest BCUT2D eigenvalue weighted by Gasteiger charge is 2.47. The fraction of sp³-hybridized carbons (Fsp3) is 0.0233. The SMILES string of the molecule is c1ccc(-c2cccc3c2sc2c(-c4ccccc4C4(c5ccccc5)c5ccccc5-c5ccccc54)cccc23)cc1. The van der Waals surface area contributed by atoms with Crippen molar-refractivity contribution in [3.63, 3.8) is 0 Å². The molecule has 1 heteroatoms. The van der Waals surface area contributed by atoms with Gasteiger partial charge in [0, 0.05) is 20.2 Å². The molecule has 0 unspecified atom stereocenters. The molecule has 0 N–H and O–H groups in total. The van der Waals surface area contributed by atoms with Gasteiger partial charge in [0.05, 0.1) is 5.41 Å². The van der Waals surface area contributed by atoms with E-state index in [-0.39, 0.29) is 0 Å². The fourth-order valence-electron chi connectivity index (χ4n) is 7.60. The van der Waals surface area contributed by atoms with Crippen molar-refractivity contribution < 1.29 is 0 Å². The maximum atomic E-state index is 2.36. The Morgan fingerprint density at radius 3 is 1.30 bits per heavy atom. The molecule has 0 radical (unpaired) electrons. The van der Waals surface area contributed by atoms with Gasteiger partial charge in [0.25, 0.3) is 0 Å². The van der Waals surface area contributed by atoms with E-state index in [0.29, 0.717) is 0 Å². The molecule has 1 aliphatic rings. The summed E-state index contributed by atoms with van der Waals surface area (Å²) in [6.07, 6.45) is 0. The van der Waals surface area contributed by atoms with Crippen molar-refractivity contribution in [2.24, 2.45) is 0 Å². The lowest BCUT2D eigenvalue weighted by atomic mass is 9.66. The van der Waals surface area contributed by atoms with Crippen LogP contribution in [0.3, 0.4) is 0 Å². The Bertz CT molecular complexity index is 2280. The zero-order valence-corrected chi connectivity index (χ0v) is 24.9. The maximum Gasteiger partial charge on any atom is 0.0719 e. The minimum absolute atomic E-state index is 0.445. The Labute approximate surface area is 261 Å². The average Bonchev–Trinajstić information content (AvgIpc) is 3.63. The summed E-state index contributed by atoms with van der Waals surface area (Å²) >= 11 is 1.92. The molecule has 0 bridgehead atoms. The Morgan fingerprint density at radius 1 is 0.318 bits per heavy atom. The molecule has 0 aliphatic heterocycles. The lowest BCUT2D eigenvalue weighted by molar-refractivity contribution is 0.771. The van der Waals surface area contributed by atoms with Gasteiger partial charge in [-0.25, -0.2) is 0 Å². The van der Waals surface area contributed by atoms with E-state index < -0.39 is 5.41 Å². The predicted octanol–water partition coefficient (Wildman–Crippen LogP) is 11.8. The van der Waals surface area contributed by atoms with Crippen molar-refractivity contribution in [1.29, 1.82) is 0 Å². The summed E-state index contributed by atoms with van der Waals surface area (Å²) in [5.41, 5.74) is 12.6. The zero-order valence-electron chi connectivity index (χ0n) is 24.1. The molecule has 1 aromatic heterocycles. The van der Waals surface area contributed by atoms with Crippen LogP contribution in [0, 0.1) is 0 Å². The summed E-state index contributed by atoms with van der Waals surface area (Å²) in [7, 11) is 0. The standard InChI is InChI=1S/C43H28S/c1-3-15-29(16-4-1)31-22-13-24-36-37-25-14-23-35(42(37)44-41(31)36)34-21-9-12-28-40(34)43(30-17-5-2-6-18-30)38-26-10-7-19-32(38)33-20-8-11-27-39(33)43/h1-28H. The Hall–Kier alpha value is -5.24. The molecule has 0 atom stereocenters. The van der Waals surface area contributed by atoms with Crippen LogP contribution in [0.4, 0.5) is 0 Å². The molecule has 0 spiro atoms. The first kappa shape index (κ1) is 25.3. The summed E-state index contributed by atoms with van der Waals surface area (Å²) in [5, 5.41) is 2.64. The molecular weight excluding hydrogens is 549 g/mol. The van der Waals surface area contributed by atoms with Crippen molar-refractivity contribution in [2.75, 3.05) is 0 Å². The smallest absolute Gasteiger partial charge is 0.0719 e. The minimum atomic E-state index is -0.445. The van der Waals surface area contributed by atoms with E-state index in [9.17, 15) is 0 Å². The number of hydrogen-bond donors (Lipinski definition) is 0. The molecule has 8 aromatic rings. The second kappa shape index (κ2) is 9.91. The normalized spacial score (nSPS) is 13.2. The molecule has 0 saturated carbocycles. The van der Waals surface area contributed by atoms with Gasteiger partial charge in [-0.1, -0.05) is 170 Å². The van der Waals surface area contributed by atoms with Gasteiger partial charge < -0.3 is 0 Å². The van der Waals surface area contributed by atoms with Gasteiger partial charge in [-0.3, -0.25) is 0 Å². The third-order valence-electron chi connectivity index (χ3n) is 9.39. The van der Waals surface area contributed by atoms with Crippen molar-refractivity contribution in [3.8, 4) is 33.4 Å². The quantitative estimate of drug-likeness (QED) is 0.195. The van der Waals surface area contributed by atoms with E-state index in [1.807, 2.05) is 11.3 Å². The van der Waals surface area contributed by atoms with Gasteiger partial charge >= 0.3 is 0 Å². The zero-order chi connectivity index (χ0) is 29.1. The first-order valence-corrected chi connectivity index (χ1v) is 16.0. The van der Waals surface area contributed by atoms with Crippen LogP contribution < -0.4 is 0 Å². The molecule has 7 aromatic carbocycles. The number of hydrogen-bond acceptors (Lipinski definition) is 1. The number of benzene rings is 7. The highest BCUT2D eigenvalue weighted by Crippen LogP contribution is 2.58. The maximum absolute atomic E-state index is 2.36. The van der Waals surface area contributed by atoms with Gasteiger partial charge in [0.1, 0.15) is 0 Å². The molecule has 0 fully saturated rings. The predicted molar refractivity (Wildman–Crippen MR) is 188 cm³/mol. The number of fused-ring (bicyclic) bond motifs is 6. The van der Waals surface area contributed by atoms with E-state index in [1.165, 1.54) is 75.8 Å². The lowest BCUT2D eigenvalue weighted by Gasteiger charge is -2.35. The minimum Gasteiger partial charge on any atom is -0.134 e. The fourth-order valence-corrected chi connectivity index (χ4v) is 8.97. The van der Waals surface area contributed by atoms with E-state index in [0.717, 1.165) is 0 Å². The highest BCUT2D eigenvalue weighted by molar-refractivity contribution is 7.26. The molecule has 0 saturated heterocycles. The van der Waals surface area contributed by atoms with Crippen LogP contribution in [0.1, 0.15) is 22.3 Å². The molecule has 0 nitrogen and oxygen atoms in total. The van der Waals surface area contributed by atoms with Gasteiger partial charge in [-0.2, -0.15) is 0 Å². The van der Waals surface area contributed by atoms with Crippen molar-refractivity contribution in [1.82, 2.24) is 0 Å². The van der Waals surface area contributed by atoms with Crippen molar-refractivity contribution >= 4 is 31.5 Å². The van der Waals surface area contributed by atoms with Gasteiger partial charge in [-0.05, 0) is 55.6 Å². The van der Waals surface area contributed by atoms with Crippen LogP contribution in [-0.2, 0) is 5.41 Å². The summed E-state index contributed by atoms with van der Waals surface area (Å²) in [5.74, 6) is 0. The second-order valence-electron chi connectivity index (χ2n) is 11.6. The molecule has 9 rings (SSSR count). The lowest BCUT2D eigenvalue weighted by Crippen LogP contribution is -2.29.